The number of ether oxygens (including phenoxy) is 1. The first-order chi connectivity index (χ1) is 9.90. The fourth-order valence-electron chi connectivity index (χ4n) is 1.70. The molecule has 0 bridgehead atoms. The molecule has 7 heteroatoms. The summed E-state index contributed by atoms with van der Waals surface area (Å²) in [5, 5.41) is 20.2. The van der Waals surface area contributed by atoms with E-state index in [1.807, 2.05) is 0 Å². The van der Waals surface area contributed by atoms with E-state index in [9.17, 15) is 19.6 Å². The number of nitro benzene ring substituents is 1. The molecule has 110 valence electrons. The largest absolute Gasteiger partial charge is 0.453 e. The van der Waals surface area contributed by atoms with Crippen molar-refractivity contribution in [2.75, 3.05) is 0 Å². The Morgan fingerprint density at radius 2 is 2.05 bits per heavy atom. The van der Waals surface area contributed by atoms with Crippen molar-refractivity contribution in [3.63, 3.8) is 0 Å². The van der Waals surface area contributed by atoms with Crippen molar-refractivity contribution < 1.29 is 19.2 Å². The number of benzene rings is 2. The van der Waals surface area contributed by atoms with Crippen LogP contribution in [0.25, 0.3) is 0 Å². The standard InChI is InChI=1S/C14H11BrFNO4/c1-8(18)9-5-6-12(10(16)7-9)21-13-4-2-3-11(14(13)15)17(19)20/h2-8,18H,1H3/t8-/m0/s1. The van der Waals surface area contributed by atoms with E-state index in [-0.39, 0.29) is 21.7 Å². The lowest BCUT2D eigenvalue weighted by Crippen LogP contribution is -1.96. The monoisotopic (exact) mass is 355 g/mol. The Morgan fingerprint density at radius 3 is 2.62 bits per heavy atom. The SMILES string of the molecule is C[C@H](O)c1ccc(Oc2cccc([N+](=O)[O-])c2Br)c(F)c1. The quantitative estimate of drug-likeness (QED) is 0.653. The van der Waals surface area contributed by atoms with E-state index in [0.29, 0.717) is 5.56 Å². The highest BCUT2D eigenvalue weighted by Gasteiger charge is 2.17. The third-order valence-electron chi connectivity index (χ3n) is 2.80. The molecular formula is C14H11BrFNO4. The van der Waals surface area contributed by atoms with Gasteiger partial charge in [-0.25, -0.2) is 4.39 Å². The average Bonchev–Trinajstić information content (AvgIpc) is 2.42. The molecule has 0 aliphatic carbocycles. The fraction of sp³-hybridized carbons (Fsp3) is 0.143. The van der Waals surface area contributed by atoms with Crippen molar-refractivity contribution in [2.45, 2.75) is 13.0 Å². The van der Waals surface area contributed by atoms with E-state index in [1.54, 1.807) is 0 Å². The number of nitrogens with zero attached hydrogens (tertiary/aromatic N) is 1. The summed E-state index contributed by atoms with van der Waals surface area (Å²) in [4.78, 5) is 10.3. The van der Waals surface area contributed by atoms with E-state index in [4.69, 9.17) is 4.74 Å². The molecule has 0 amide bonds. The van der Waals surface area contributed by atoms with Gasteiger partial charge >= 0.3 is 0 Å². The van der Waals surface area contributed by atoms with Gasteiger partial charge in [-0.1, -0.05) is 12.1 Å². The normalized spacial score (nSPS) is 12.0. The molecule has 1 atom stereocenters. The number of hydrogen-bond donors (Lipinski definition) is 1. The maximum absolute atomic E-state index is 13.9. The van der Waals surface area contributed by atoms with E-state index < -0.39 is 16.8 Å². The minimum Gasteiger partial charge on any atom is -0.453 e. The third kappa shape index (κ3) is 3.37. The Morgan fingerprint density at radius 1 is 1.33 bits per heavy atom. The van der Waals surface area contributed by atoms with E-state index in [0.717, 1.165) is 6.07 Å². The van der Waals surface area contributed by atoms with Gasteiger partial charge in [0.25, 0.3) is 5.69 Å². The molecule has 21 heavy (non-hydrogen) atoms. The molecule has 0 aliphatic rings. The van der Waals surface area contributed by atoms with Gasteiger partial charge in [0, 0.05) is 6.07 Å². The first-order valence-corrected chi connectivity index (χ1v) is 6.77. The maximum Gasteiger partial charge on any atom is 0.287 e. The van der Waals surface area contributed by atoms with Crippen molar-refractivity contribution >= 4 is 21.6 Å². The van der Waals surface area contributed by atoms with Crippen LogP contribution in [0.5, 0.6) is 11.5 Å². The molecule has 0 unspecified atom stereocenters. The Kier molecular flexibility index (Phi) is 4.54. The second-order valence-corrected chi connectivity index (χ2v) is 5.11. The zero-order valence-electron chi connectivity index (χ0n) is 10.9. The number of hydrogen-bond acceptors (Lipinski definition) is 4. The minimum absolute atomic E-state index is 0.0828. The van der Waals surface area contributed by atoms with Crippen LogP contribution in [0.4, 0.5) is 10.1 Å². The zero-order chi connectivity index (χ0) is 15.6. The number of aliphatic hydroxyl groups excluding tert-OH is 1. The van der Waals surface area contributed by atoms with Crippen molar-refractivity contribution in [1.82, 2.24) is 0 Å². The molecule has 2 aromatic rings. The summed E-state index contributed by atoms with van der Waals surface area (Å²) in [5.74, 6) is -0.611. The summed E-state index contributed by atoms with van der Waals surface area (Å²) < 4.78 is 19.4. The molecule has 0 aromatic heterocycles. The summed E-state index contributed by atoms with van der Waals surface area (Å²) in [6, 6.07) is 8.28. The predicted molar refractivity (Wildman–Crippen MR) is 77.9 cm³/mol. The molecule has 5 nitrogen and oxygen atoms in total. The third-order valence-corrected chi connectivity index (χ3v) is 3.59. The van der Waals surface area contributed by atoms with Gasteiger partial charge in [0.15, 0.2) is 11.6 Å². The lowest BCUT2D eigenvalue weighted by atomic mass is 10.1. The van der Waals surface area contributed by atoms with Gasteiger partial charge in [0.2, 0.25) is 0 Å². The van der Waals surface area contributed by atoms with E-state index >= 15 is 0 Å². The van der Waals surface area contributed by atoms with Crippen LogP contribution < -0.4 is 4.74 Å². The second-order valence-electron chi connectivity index (χ2n) is 4.31. The first-order valence-electron chi connectivity index (χ1n) is 5.98. The highest BCUT2D eigenvalue weighted by molar-refractivity contribution is 9.10. The number of halogens is 2. The Balaban J connectivity index is 2.35. The van der Waals surface area contributed by atoms with E-state index in [2.05, 4.69) is 15.9 Å². The molecule has 0 saturated carbocycles. The summed E-state index contributed by atoms with van der Waals surface area (Å²) >= 11 is 3.07. The highest BCUT2D eigenvalue weighted by Crippen LogP contribution is 2.37. The maximum atomic E-state index is 13.9. The van der Waals surface area contributed by atoms with Gasteiger partial charge in [0.1, 0.15) is 10.2 Å². The van der Waals surface area contributed by atoms with Crippen LogP contribution in [0.3, 0.4) is 0 Å². The van der Waals surface area contributed by atoms with Gasteiger partial charge in [-0.2, -0.15) is 0 Å². The van der Waals surface area contributed by atoms with Crippen molar-refractivity contribution in [3.8, 4) is 11.5 Å². The lowest BCUT2D eigenvalue weighted by molar-refractivity contribution is -0.385. The Hall–Kier alpha value is -1.99. The zero-order valence-corrected chi connectivity index (χ0v) is 12.5. The van der Waals surface area contributed by atoms with Gasteiger partial charge < -0.3 is 9.84 Å². The molecule has 0 heterocycles. The second kappa shape index (κ2) is 6.19. The van der Waals surface area contributed by atoms with Gasteiger partial charge in [-0.15, -0.1) is 0 Å². The van der Waals surface area contributed by atoms with Crippen LogP contribution in [0.2, 0.25) is 0 Å². The van der Waals surface area contributed by atoms with Crippen LogP contribution in [0.15, 0.2) is 40.9 Å². The molecule has 1 N–H and O–H groups in total. The molecule has 2 aromatic carbocycles. The molecule has 2 rings (SSSR count). The van der Waals surface area contributed by atoms with Crippen LogP contribution in [-0.2, 0) is 0 Å². The van der Waals surface area contributed by atoms with Gasteiger partial charge in [0.05, 0.1) is 11.0 Å². The van der Waals surface area contributed by atoms with Crippen LogP contribution in [-0.4, -0.2) is 10.0 Å². The van der Waals surface area contributed by atoms with Crippen molar-refractivity contribution in [1.29, 1.82) is 0 Å². The smallest absolute Gasteiger partial charge is 0.287 e. The number of aliphatic hydroxyl groups is 1. The fourth-order valence-corrected chi connectivity index (χ4v) is 2.19. The summed E-state index contributed by atoms with van der Waals surface area (Å²) in [6.07, 6.45) is -0.793. The highest BCUT2D eigenvalue weighted by atomic mass is 79.9. The summed E-state index contributed by atoms with van der Waals surface area (Å²) in [5.41, 5.74) is 0.242. The summed E-state index contributed by atoms with van der Waals surface area (Å²) in [7, 11) is 0. The van der Waals surface area contributed by atoms with Gasteiger partial charge in [-0.05, 0) is 46.6 Å². The first kappa shape index (κ1) is 15.4. The molecule has 0 fully saturated rings. The molecule has 0 aliphatic heterocycles. The van der Waals surface area contributed by atoms with Crippen LogP contribution >= 0.6 is 15.9 Å². The summed E-state index contributed by atoms with van der Waals surface area (Å²) in [6.45, 7) is 1.52. The number of rotatable bonds is 4. The molecule has 0 spiro atoms. The topological polar surface area (TPSA) is 72.6 Å². The Labute approximate surface area is 128 Å². The predicted octanol–water partition coefficient (Wildman–Crippen LogP) is 4.34. The molecular weight excluding hydrogens is 345 g/mol. The van der Waals surface area contributed by atoms with Gasteiger partial charge in [-0.3, -0.25) is 10.1 Å². The molecule has 0 radical (unpaired) electrons. The average molecular weight is 356 g/mol. The van der Waals surface area contributed by atoms with E-state index in [1.165, 1.54) is 37.3 Å². The Bertz CT molecular complexity index is 691. The molecule has 0 saturated heterocycles. The van der Waals surface area contributed by atoms with Crippen molar-refractivity contribution in [3.05, 3.63) is 62.4 Å². The van der Waals surface area contributed by atoms with Crippen molar-refractivity contribution in [2.24, 2.45) is 0 Å². The number of nitro groups is 1. The lowest BCUT2D eigenvalue weighted by Gasteiger charge is -2.11. The van der Waals surface area contributed by atoms with Crippen LogP contribution in [0, 0.1) is 15.9 Å². The van der Waals surface area contributed by atoms with Crippen LogP contribution in [0.1, 0.15) is 18.6 Å². The minimum atomic E-state index is -0.793.